The average molecular weight is 364 g/mol. The van der Waals surface area contributed by atoms with Crippen LogP contribution < -0.4 is 5.73 Å². The van der Waals surface area contributed by atoms with Crippen LogP contribution in [-0.2, 0) is 22.6 Å². The number of nitrogens with one attached hydrogen (secondary N) is 1. The summed E-state index contributed by atoms with van der Waals surface area (Å²) in [6.45, 7) is 1.67. The molecule has 26 heavy (non-hydrogen) atoms. The first-order valence-corrected chi connectivity index (χ1v) is 8.29. The summed E-state index contributed by atoms with van der Waals surface area (Å²) in [6, 6.07) is 3.07. The fourth-order valence-corrected chi connectivity index (χ4v) is 3.67. The molecule has 1 fully saturated rings. The summed E-state index contributed by atoms with van der Waals surface area (Å²) in [5.41, 5.74) is 7.34. The Labute approximate surface area is 148 Å². The Hall–Kier alpha value is -2.52. The van der Waals surface area contributed by atoms with Gasteiger partial charge in [-0.15, -0.1) is 0 Å². The topological polar surface area (TPSA) is 93.5 Å². The van der Waals surface area contributed by atoms with E-state index in [1.165, 1.54) is 0 Å². The highest BCUT2D eigenvalue weighted by atomic mass is 19.1. The second kappa shape index (κ2) is 6.65. The molecule has 1 amide bonds. The summed E-state index contributed by atoms with van der Waals surface area (Å²) in [5, 5.41) is 6.95. The molecular formula is C17H18F2N4O3. The number of halogens is 2. The van der Waals surface area contributed by atoms with Gasteiger partial charge in [-0.05, 0) is 18.2 Å². The number of hydrogen-bond donors (Lipinski definition) is 2. The molecule has 1 aromatic carbocycles. The zero-order chi connectivity index (χ0) is 18.3. The van der Waals surface area contributed by atoms with Crippen LogP contribution in [0.25, 0.3) is 0 Å². The van der Waals surface area contributed by atoms with Crippen molar-refractivity contribution in [1.29, 1.82) is 0 Å². The molecule has 4 rings (SSSR count). The number of ether oxygens (including phenoxy) is 2. The van der Waals surface area contributed by atoms with Crippen molar-refractivity contribution in [3.8, 4) is 0 Å². The summed E-state index contributed by atoms with van der Waals surface area (Å²) in [7, 11) is 0. The van der Waals surface area contributed by atoms with E-state index in [0.717, 1.165) is 29.5 Å². The van der Waals surface area contributed by atoms with Crippen LogP contribution in [0.5, 0.6) is 0 Å². The van der Waals surface area contributed by atoms with Crippen molar-refractivity contribution in [3.05, 3.63) is 52.9 Å². The van der Waals surface area contributed by atoms with E-state index < -0.39 is 29.9 Å². The van der Waals surface area contributed by atoms with E-state index in [0.29, 0.717) is 26.1 Å². The summed E-state index contributed by atoms with van der Waals surface area (Å²) >= 11 is 0. The third-order valence-corrected chi connectivity index (χ3v) is 4.90. The van der Waals surface area contributed by atoms with Gasteiger partial charge < -0.3 is 15.2 Å². The van der Waals surface area contributed by atoms with Crippen LogP contribution in [0.3, 0.4) is 0 Å². The number of benzene rings is 1. The lowest BCUT2D eigenvalue weighted by atomic mass is 9.94. The molecule has 9 heteroatoms. The minimum Gasteiger partial charge on any atom is -0.443 e. The molecule has 2 aromatic rings. The number of hydrogen-bond acceptors (Lipinski definition) is 5. The van der Waals surface area contributed by atoms with Gasteiger partial charge in [0, 0.05) is 36.7 Å². The van der Waals surface area contributed by atoms with Gasteiger partial charge in [0.25, 0.3) is 0 Å². The molecule has 2 aliphatic heterocycles. The van der Waals surface area contributed by atoms with Crippen LogP contribution in [-0.4, -0.2) is 39.9 Å². The van der Waals surface area contributed by atoms with E-state index in [9.17, 15) is 13.6 Å². The van der Waals surface area contributed by atoms with Gasteiger partial charge in [-0.25, -0.2) is 13.6 Å². The van der Waals surface area contributed by atoms with E-state index >= 15 is 0 Å². The van der Waals surface area contributed by atoms with E-state index in [1.807, 2.05) is 0 Å². The first-order valence-electron chi connectivity index (χ1n) is 8.29. The van der Waals surface area contributed by atoms with Crippen LogP contribution in [0.2, 0.25) is 0 Å². The van der Waals surface area contributed by atoms with Gasteiger partial charge in [-0.1, -0.05) is 0 Å². The molecule has 138 valence electrons. The SMILES string of the molecule is NC(=O)O[C@H]1C[C@@H](N2Cc3cn[nH]c3C2)CO[C@@H]1c1cc(F)ccc1F. The monoisotopic (exact) mass is 364 g/mol. The molecule has 2 aliphatic rings. The Morgan fingerprint density at radius 2 is 2.23 bits per heavy atom. The van der Waals surface area contributed by atoms with Crippen molar-refractivity contribution >= 4 is 6.09 Å². The van der Waals surface area contributed by atoms with Crippen molar-refractivity contribution in [2.24, 2.45) is 5.73 Å². The van der Waals surface area contributed by atoms with Crippen LogP contribution in [0.1, 0.15) is 29.3 Å². The molecule has 0 bridgehead atoms. The molecular weight excluding hydrogens is 346 g/mol. The molecule has 0 aliphatic carbocycles. The summed E-state index contributed by atoms with van der Waals surface area (Å²) in [5.74, 6) is -1.20. The first kappa shape index (κ1) is 16.9. The molecule has 0 radical (unpaired) electrons. The minimum absolute atomic E-state index is 0.0190. The zero-order valence-corrected chi connectivity index (χ0v) is 13.8. The third kappa shape index (κ3) is 3.15. The van der Waals surface area contributed by atoms with Crippen LogP contribution >= 0.6 is 0 Å². The van der Waals surface area contributed by atoms with E-state index in [4.69, 9.17) is 15.2 Å². The second-order valence-electron chi connectivity index (χ2n) is 6.56. The number of nitrogens with zero attached hydrogens (tertiary/aromatic N) is 2. The number of carbonyl (C=O) groups excluding carboxylic acids is 1. The number of rotatable bonds is 3. The highest BCUT2D eigenvalue weighted by molar-refractivity contribution is 5.65. The van der Waals surface area contributed by atoms with E-state index in [2.05, 4.69) is 15.1 Å². The van der Waals surface area contributed by atoms with Gasteiger partial charge in [0.15, 0.2) is 0 Å². The molecule has 1 saturated heterocycles. The van der Waals surface area contributed by atoms with Gasteiger partial charge in [0.1, 0.15) is 23.8 Å². The van der Waals surface area contributed by atoms with E-state index in [1.54, 1.807) is 6.20 Å². The maximum atomic E-state index is 14.2. The Morgan fingerprint density at radius 1 is 1.38 bits per heavy atom. The van der Waals surface area contributed by atoms with Gasteiger partial charge in [-0.3, -0.25) is 10.00 Å². The van der Waals surface area contributed by atoms with Crippen molar-refractivity contribution in [2.75, 3.05) is 6.61 Å². The second-order valence-corrected chi connectivity index (χ2v) is 6.56. The fraction of sp³-hybridized carbons (Fsp3) is 0.412. The maximum Gasteiger partial charge on any atom is 0.404 e. The standard InChI is InChI=1S/C17H18F2N4O3/c18-10-1-2-13(19)12(3-10)16-15(26-17(20)24)4-11(8-25-16)23-6-9-5-21-22-14(9)7-23/h1-3,5,11,15-16H,4,6-8H2,(H2,20,24)(H,21,22)/t11-,15+,16-/m1/s1. The number of primary amides is 1. The number of amides is 1. The molecule has 3 heterocycles. The molecule has 0 spiro atoms. The lowest BCUT2D eigenvalue weighted by Crippen LogP contribution is -2.46. The highest BCUT2D eigenvalue weighted by Crippen LogP contribution is 2.36. The predicted molar refractivity (Wildman–Crippen MR) is 85.7 cm³/mol. The number of carbonyl (C=O) groups is 1. The fourth-order valence-electron chi connectivity index (χ4n) is 3.67. The number of aromatic nitrogens is 2. The smallest absolute Gasteiger partial charge is 0.404 e. The molecule has 1 aromatic heterocycles. The summed E-state index contributed by atoms with van der Waals surface area (Å²) < 4.78 is 38.7. The number of H-pyrrole nitrogens is 1. The van der Waals surface area contributed by atoms with Crippen molar-refractivity contribution < 1.29 is 23.0 Å². The maximum absolute atomic E-state index is 14.2. The molecule has 0 unspecified atom stereocenters. The number of aromatic amines is 1. The quantitative estimate of drug-likeness (QED) is 0.869. The van der Waals surface area contributed by atoms with Gasteiger partial charge >= 0.3 is 6.09 Å². The Balaban J connectivity index is 1.54. The molecule has 3 N–H and O–H groups in total. The van der Waals surface area contributed by atoms with Gasteiger partial charge in [0.2, 0.25) is 0 Å². The summed E-state index contributed by atoms with van der Waals surface area (Å²) in [6.07, 6.45) is -0.504. The van der Waals surface area contributed by atoms with Gasteiger partial charge in [0.05, 0.1) is 18.5 Å². The Morgan fingerprint density at radius 3 is 3.00 bits per heavy atom. The highest BCUT2D eigenvalue weighted by Gasteiger charge is 2.40. The van der Waals surface area contributed by atoms with E-state index in [-0.39, 0.29) is 11.6 Å². The Kier molecular flexibility index (Phi) is 4.33. The van der Waals surface area contributed by atoms with Gasteiger partial charge in [-0.2, -0.15) is 5.10 Å². The lowest BCUT2D eigenvalue weighted by Gasteiger charge is -2.39. The Bertz CT molecular complexity index is 808. The molecule has 0 saturated carbocycles. The number of fused-ring (bicyclic) bond motifs is 1. The predicted octanol–water partition coefficient (Wildman–Crippen LogP) is 2.00. The van der Waals surface area contributed by atoms with Crippen LogP contribution in [0, 0.1) is 11.6 Å². The van der Waals surface area contributed by atoms with Crippen molar-refractivity contribution in [3.63, 3.8) is 0 Å². The van der Waals surface area contributed by atoms with Crippen molar-refractivity contribution in [1.82, 2.24) is 15.1 Å². The minimum atomic E-state index is -0.975. The zero-order valence-electron chi connectivity index (χ0n) is 13.8. The lowest BCUT2D eigenvalue weighted by molar-refractivity contribution is -0.114. The summed E-state index contributed by atoms with van der Waals surface area (Å²) in [4.78, 5) is 13.5. The normalized spacial score (nSPS) is 25.8. The van der Waals surface area contributed by atoms with Crippen LogP contribution in [0.4, 0.5) is 13.6 Å². The average Bonchev–Trinajstić information content (AvgIpc) is 3.18. The first-order chi connectivity index (χ1) is 12.5. The largest absolute Gasteiger partial charge is 0.443 e. The van der Waals surface area contributed by atoms with Crippen molar-refractivity contribution in [2.45, 2.75) is 37.8 Å². The third-order valence-electron chi connectivity index (χ3n) is 4.90. The van der Waals surface area contributed by atoms with Crippen LogP contribution in [0.15, 0.2) is 24.4 Å². The molecule has 3 atom stereocenters. The number of nitrogens with two attached hydrogens (primary N) is 1. The molecule has 7 nitrogen and oxygen atoms in total.